The van der Waals surface area contributed by atoms with Crippen LogP contribution in [0.5, 0.6) is 0 Å². The number of benzene rings is 1. The molecule has 1 unspecified atom stereocenters. The molecular weight excluding hydrogens is 326 g/mol. The number of hydrogen-bond acceptors (Lipinski definition) is 3. The van der Waals surface area contributed by atoms with E-state index in [1.165, 1.54) is 53.8 Å². The topological polar surface area (TPSA) is 31.9 Å². The number of nitrogens with zero attached hydrogens (tertiary/aromatic N) is 2. The molecule has 3 aromatic rings. The molecule has 0 spiro atoms. The highest BCUT2D eigenvalue weighted by atomic mass is 32.1. The number of H-pyrrole nitrogens is 1. The summed E-state index contributed by atoms with van der Waals surface area (Å²) in [6.07, 6.45) is 7.23. The molecule has 0 bridgehead atoms. The lowest BCUT2D eigenvalue weighted by Crippen LogP contribution is -2.27. The van der Waals surface area contributed by atoms with Crippen LogP contribution in [0.4, 0.5) is 0 Å². The van der Waals surface area contributed by atoms with Crippen molar-refractivity contribution in [2.45, 2.75) is 45.2 Å². The Bertz CT molecular complexity index is 789. The zero-order valence-corrected chi connectivity index (χ0v) is 15.6. The summed E-state index contributed by atoms with van der Waals surface area (Å²) in [5, 5.41) is 9.77. The van der Waals surface area contributed by atoms with Crippen molar-refractivity contribution < 1.29 is 0 Å². The van der Waals surface area contributed by atoms with Gasteiger partial charge in [-0.2, -0.15) is 5.10 Å². The highest BCUT2D eigenvalue weighted by Gasteiger charge is 2.24. The second-order valence-electron chi connectivity index (χ2n) is 6.99. The van der Waals surface area contributed by atoms with Gasteiger partial charge in [0.15, 0.2) is 0 Å². The largest absolute Gasteiger partial charge is 0.291 e. The van der Waals surface area contributed by atoms with Crippen molar-refractivity contribution in [3.05, 3.63) is 64.0 Å². The van der Waals surface area contributed by atoms with Crippen molar-refractivity contribution in [1.82, 2.24) is 15.1 Å². The summed E-state index contributed by atoms with van der Waals surface area (Å²) in [5.41, 5.74) is 4.97. The molecule has 0 aliphatic carbocycles. The van der Waals surface area contributed by atoms with E-state index in [1.54, 1.807) is 0 Å². The van der Waals surface area contributed by atoms with Gasteiger partial charge in [0.25, 0.3) is 0 Å². The van der Waals surface area contributed by atoms with E-state index in [1.807, 2.05) is 17.5 Å². The number of hydrogen-bond donors (Lipinski definition) is 1. The fraction of sp³-hybridized carbons (Fsp3) is 0.381. The van der Waals surface area contributed by atoms with Gasteiger partial charge in [-0.15, -0.1) is 11.3 Å². The van der Waals surface area contributed by atoms with E-state index in [0.717, 1.165) is 12.2 Å². The van der Waals surface area contributed by atoms with Gasteiger partial charge in [-0.25, -0.2) is 0 Å². The number of aromatic nitrogens is 2. The lowest BCUT2D eigenvalue weighted by molar-refractivity contribution is 0.195. The molecule has 4 rings (SSSR count). The van der Waals surface area contributed by atoms with E-state index in [-0.39, 0.29) is 0 Å². The molecule has 25 heavy (non-hydrogen) atoms. The van der Waals surface area contributed by atoms with Crippen LogP contribution in [0.25, 0.3) is 11.3 Å². The summed E-state index contributed by atoms with van der Waals surface area (Å²) in [7, 11) is 0. The highest BCUT2D eigenvalue weighted by molar-refractivity contribution is 7.10. The average Bonchev–Trinajstić information content (AvgIpc) is 3.25. The van der Waals surface area contributed by atoms with Crippen LogP contribution in [-0.4, -0.2) is 21.6 Å². The van der Waals surface area contributed by atoms with E-state index in [4.69, 9.17) is 0 Å². The van der Waals surface area contributed by atoms with Crippen LogP contribution in [0.15, 0.2) is 48.0 Å². The predicted octanol–water partition coefficient (Wildman–Crippen LogP) is 5.56. The van der Waals surface area contributed by atoms with Gasteiger partial charge in [-0.05, 0) is 43.3 Å². The first-order valence-electron chi connectivity index (χ1n) is 9.18. The maximum atomic E-state index is 4.35. The summed E-state index contributed by atoms with van der Waals surface area (Å²) >= 11 is 1.89. The SMILES string of the molecule is Cc1ccc(-c2[nH]ncc2CN2CCCCCC2c2cccs2)cc1. The van der Waals surface area contributed by atoms with Gasteiger partial charge in [0.1, 0.15) is 0 Å². The standard InChI is InChI=1S/C21H25N3S/c1-16-8-10-17(11-9-16)21-18(14-22-23-21)15-24-12-4-2-3-6-19(24)20-7-5-13-25-20/h5,7-11,13-14,19H,2-4,6,12,15H2,1H3,(H,22,23). The zero-order valence-electron chi connectivity index (χ0n) is 14.7. The molecule has 3 heterocycles. The van der Waals surface area contributed by atoms with Crippen LogP contribution in [0.3, 0.4) is 0 Å². The Kier molecular flexibility index (Phi) is 4.99. The predicted molar refractivity (Wildman–Crippen MR) is 105 cm³/mol. The fourth-order valence-electron chi connectivity index (χ4n) is 3.78. The minimum Gasteiger partial charge on any atom is -0.291 e. The van der Waals surface area contributed by atoms with Crippen LogP contribution in [0.2, 0.25) is 0 Å². The smallest absolute Gasteiger partial charge is 0.0695 e. The van der Waals surface area contributed by atoms with Crippen molar-refractivity contribution in [3.63, 3.8) is 0 Å². The van der Waals surface area contributed by atoms with Crippen LogP contribution >= 0.6 is 11.3 Å². The Morgan fingerprint density at radius 1 is 1.16 bits per heavy atom. The summed E-state index contributed by atoms with van der Waals surface area (Å²) < 4.78 is 0. The van der Waals surface area contributed by atoms with Gasteiger partial charge in [-0.3, -0.25) is 10.00 Å². The Morgan fingerprint density at radius 2 is 2.04 bits per heavy atom. The molecule has 1 saturated heterocycles. The first-order valence-corrected chi connectivity index (χ1v) is 10.1. The number of rotatable bonds is 4. The molecule has 1 aliphatic heterocycles. The maximum absolute atomic E-state index is 4.35. The number of likely N-dealkylation sites (tertiary alicyclic amines) is 1. The third-order valence-corrected chi connectivity index (χ3v) is 6.14. The zero-order chi connectivity index (χ0) is 17.1. The minimum absolute atomic E-state index is 0.545. The lowest BCUT2D eigenvalue weighted by Gasteiger charge is -2.29. The van der Waals surface area contributed by atoms with Crippen LogP contribution in [-0.2, 0) is 6.54 Å². The van der Waals surface area contributed by atoms with Crippen molar-refractivity contribution in [2.75, 3.05) is 6.54 Å². The maximum Gasteiger partial charge on any atom is 0.0695 e. The van der Waals surface area contributed by atoms with Gasteiger partial charge in [0, 0.05) is 23.0 Å². The molecule has 3 nitrogen and oxygen atoms in total. The quantitative estimate of drug-likeness (QED) is 0.667. The van der Waals surface area contributed by atoms with E-state index >= 15 is 0 Å². The Balaban J connectivity index is 1.60. The molecular formula is C21H25N3S. The summed E-state index contributed by atoms with van der Waals surface area (Å²) in [4.78, 5) is 4.16. The molecule has 1 fully saturated rings. The Hall–Kier alpha value is -1.91. The van der Waals surface area contributed by atoms with Gasteiger partial charge in [0.05, 0.1) is 11.9 Å². The Morgan fingerprint density at radius 3 is 2.84 bits per heavy atom. The van der Waals surface area contributed by atoms with E-state index < -0.39 is 0 Å². The molecule has 130 valence electrons. The van der Waals surface area contributed by atoms with Crippen LogP contribution in [0, 0.1) is 6.92 Å². The van der Waals surface area contributed by atoms with Crippen LogP contribution < -0.4 is 0 Å². The monoisotopic (exact) mass is 351 g/mol. The molecule has 0 radical (unpaired) electrons. The number of thiophene rings is 1. The molecule has 0 amide bonds. The number of aryl methyl sites for hydroxylation is 1. The van der Waals surface area contributed by atoms with Crippen molar-refractivity contribution >= 4 is 11.3 Å². The molecule has 2 aromatic heterocycles. The Labute approximate surface area is 153 Å². The minimum atomic E-state index is 0.545. The molecule has 0 saturated carbocycles. The van der Waals surface area contributed by atoms with E-state index in [2.05, 4.69) is 63.8 Å². The first kappa shape index (κ1) is 16.6. The normalized spacial score (nSPS) is 19.0. The lowest BCUT2D eigenvalue weighted by atomic mass is 10.0. The molecule has 1 atom stereocenters. The van der Waals surface area contributed by atoms with Crippen molar-refractivity contribution in [3.8, 4) is 11.3 Å². The van der Waals surface area contributed by atoms with Crippen molar-refractivity contribution in [2.24, 2.45) is 0 Å². The van der Waals surface area contributed by atoms with E-state index in [0.29, 0.717) is 6.04 Å². The van der Waals surface area contributed by atoms with Crippen molar-refractivity contribution in [1.29, 1.82) is 0 Å². The fourth-order valence-corrected chi connectivity index (χ4v) is 4.68. The molecule has 1 aromatic carbocycles. The first-order chi connectivity index (χ1) is 12.3. The van der Waals surface area contributed by atoms with Gasteiger partial charge in [-0.1, -0.05) is 48.7 Å². The van der Waals surface area contributed by atoms with Gasteiger partial charge in [0.2, 0.25) is 0 Å². The second-order valence-corrected chi connectivity index (χ2v) is 7.97. The summed E-state index contributed by atoms with van der Waals surface area (Å²) in [6, 6.07) is 13.7. The molecule has 1 N–H and O–H groups in total. The highest BCUT2D eigenvalue weighted by Crippen LogP contribution is 2.35. The summed E-state index contributed by atoms with van der Waals surface area (Å²) in [6.45, 7) is 4.25. The van der Waals surface area contributed by atoms with Gasteiger partial charge >= 0.3 is 0 Å². The number of aromatic amines is 1. The van der Waals surface area contributed by atoms with Gasteiger partial charge < -0.3 is 0 Å². The third kappa shape index (κ3) is 3.70. The van der Waals surface area contributed by atoms with E-state index in [9.17, 15) is 0 Å². The van der Waals surface area contributed by atoms with Crippen LogP contribution in [0.1, 0.15) is 47.7 Å². The number of nitrogens with one attached hydrogen (secondary N) is 1. The third-order valence-electron chi connectivity index (χ3n) is 5.17. The average molecular weight is 352 g/mol. The molecule has 1 aliphatic rings. The second kappa shape index (κ2) is 7.54. The molecule has 4 heteroatoms. The summed E-state index contributed by atoms with van der Waals surface area (Å²) in [5.74, 6) is 0.